The number of ether oxygens (including phenoxy) is 1. The van der Waals surface area contributed by atoms with Gasteiger partial charge in [-0.3, -0.25) is 0 Å². The van der Waals surface area contributed by atoms with Crippen LogP contribution < -0.4 is 5.32 Å². The number of aliphatic hydroxyl groups is 1. The van der Waals surface area contributed by atoms with Crippen LogP contribution in [-0.4, -0.2) is 36.5 Å². The second kappa shape index (κ2) is 6.61. The van der Waals surface area contributed by atoms with Crippen molar-refractivity contribution in [2.45, 2.75) is 44.8 Å². The van der Waals surface area contributed by atoms with Crippen LogP contribution in [0.25, 0.3) is 0 Å². The Hall–Kier alpha value is -0.490. The van der Waals surface area contributed by atoms with E-state index in [4.69, 9.17) is 4.74 Å². The first-order valence-electron chi connectivity index (χ1n) is 6.63. The monoisotopic (exact) mass is 270 g/mol. The summed E-state index contributed by atoms with van der Waals surface area (Å²) in [5, 5.41) is 14.3. The molecular formula is C13H22N2O2S. The smallest absolute Gasteiger partial charge is 0.0928 e. The van der Waals surface area contributed by atoms with E-state index in [1.807, 2.05) is 11.3 Å². The summed E-state index contributed by atoms with van der Waals surface area (Å²) in [6.07, 6.45) is 4.00. The summed E-state index contributed by atoms with van der Waals surface area (Å²) in [5.41, 5.74) is 1.27. The fourth-order valence-corrected chi connectivity index (χ4v) is 3.51. The van der Waals surface area contributed by atoms with Gasteiger partial charge in [-0.15, -0.1) is 11.3 Å². The zero-order valence-corrected chi connectivity index (χ0v) is 11.9. The molecule has 1 aliphatic carbocycles. The lowest BCUT2D eigenvalue weighted by atomic mass is 9.98. The Balaban J connectivity index is 1.96. The Morgan fingerprint density at radius 1 is 1.61 bits per heavy atom. The summed E-state index contributed by atoms with van der Waals surface area (Å²) in [6, 6.07) is 0.359. The van der Waals surface area contributed by atoms with E-state index >= 15 is 0 Å². The minimum atomic E-state index is -0.432. The Morgan fingerprint density at radius 3 is 3.17 bits per heavy atom. The van der Waals surface area contributed by atoms with Gasteiger partial charge >= 0.3 is 0 Å². The number of thiazole rings is 1. The lowest BCUT2D eigenvalue weighted by Gasteiger charge is -2.23. The van der Waals surface area contributed by atoms with Crippen LogP contribution in [0.2, 0.25) is 0 Å². The molecule has 0 spiro atoms. The van der Waals surface area contributed by atoms with E-state index in [-0.39, 0.29) is 0 Å². The number of hydrogen-bond acceptors (Lipinski definition) is 5. The Labute approximate surface area is 112 Å². The zero-order chi connectivity index (χ0) is 13.0. The lowest BCUT2D eigenvalue weighted by molar-refractivity contribution is 0.0623. The largest absolute Gasteiger partial charge is 0.389 e. The van der Waals surface area contributed by atoms with Gasteiger partial charge in [-0.1, -0.05) is 6.92 Å². The van der Waals surface area contributed by atoms with Gasteiger partial charge in [-0.25, -0.2) is 4.98 Å². The van der Waals surface area contributed by atoms with Crippen molar-refractivity contribution in [2.24, 2.45) is 0 Å². The van der Waals surface area contributed by atoms with Crippen molar-refractivity contribution in [3.8, 4) is 0 Å². The lowest BCUT2D eigenvalue weighted by Crippen LogP contribution is -2.33. The third-order valence-electron chi connectivity index (χ3n) is 3.26. The predicted molar refractivity (Wildman–Crippen MR) is 73.1 cm³/mol. The number of nitrogens with one attached hydrogen (secondary N) is 1. The minimum Gasteiger partial charge on any atom is -0.389 e. The molecule has 1 aliphatic rings. The van der Waals surface area contributed by atoms with E-state index in [9.17, 15) is 5.11 Å². The number of aryl methyl sites for hydroxylation is 2. The normalized spacial score (nSPS) is 20.7. The molecule has 2 N–H and O–H groups in total. The number of fused-ring (bicyclic) bond motifs is 1. The summed E-state index contributed by atoms with van der Waals surface area (Å²) in [4.78, 5) is 6.05. The molecule has 0 amide bonds. The third kappa shape index (κ3) is 3.29. The van der Waals surface area contributed by atoms with Gasteiger partial charge in [-0.05, 0) is 25.7 Å². The van der Waals surface area contributed by atoms with Crippen molar-refractivity contribution in [2.75, 3.05) is 20.3 Å². The second-order valence-electron chi connectivity index (χ2n) is 4.73. The molecule has 1 heterocycles. The van der Waals surface area contributed by atoms with Crippen LogP contribution in [0.3, 0.4) is 0 Å². The highest BCUT2D eigenvalue weighted by Gasteiger charge is 2.24. The first-order chi connectivity index (χ1) is 8.74. The van der Waals surface area contributed by atoms with Gasteiger partial charge in [-0.2, -0.15) is 0 Å². The molecular weight excluding hydrogens is 248 g/mol. The van der Waals surface area contributed by atoms with Crippen LogP contribution in [-0.2, 0) is 17.6 Å². The topological polar surface area (TPSA) is 54.4 Å². The van der Waals surface area contributed by atoms with Crippen LogP contribution in [0.15, 0.2) is 0 Å². The van der Waals surface area contributed by atoms with E-state index in [1.54, 1.807) is 7.11 Å². The average molecular weight is 270 g/mol. The van der Waals surface area contributed by atoms with E-state index in [1.165, 1.54) is 22.0 Å². The first-order valence-corrected chi connectivity index (χ1v) is 7.45. The van der Waals surface area contributed by atoms with Crippen LogP contribution in [0.4, 0.5) is 0 Å². The quantitative estimate of drug-likeness (QED) is 0.826. The molecule has 2 rings (SSSR count). The number of hydrogen-bond donors (Lipinski definition) is 2. The third-order valence-corrected chi connectivity index (χ3v) is 4.61. The standard InChI is InChI=1S/C13H22N2O2S/c1-3-12-15-11-6-4-5-10(13(11)18-12)14-7-9(16)8-17-2/h9-10,14,16H,3-8H2,1-2H3. The Kier molecular flexibility index (Phi) is 5.12. The van der Waals surface area contributed by atoms with Crippen LogP contribution in [0.1, 0.15) is 41.4 Å². The average Bonchev–Trinajstić information content (AvgIpc) is 2.80. The summed E-state index contributed by atoms with van der Waals surface area (Å²) in [5.74, 6) is 0. The fraction of sp³-hybridized carbons (Fsp3) is 0.769. The molecule has 0 fully saturated rings. The van der Waals surface area contributed by atoms with Crippen molar-refractivity contribution < 1.29 is 9.84 Å². The number of methoxy groups -OCH3 is 1. The Bertz CT molecular complexity index is 381. The minimum absolute atomic E-state index is 0.359. The van der Waals surface area contributed by atoms with Crippen LogP contribution >= 0.6 is 11.3 Å². The van der Waals surface area contributed by atoms with Crippen molar-refractivity contribution in [1.82, 2.24) is 10.3 Å². The SMILES string of the molecule is CCc1nc2c(s1)C(NCC(O)COC)CCC2. The van der Waals surface area contributed by atoms with Gasteiger partial charge in [0.2, 0.25) is 0 Å². The molecule has 2 atom stereocenters. The summed E-state index contributed by atoms with van der Waals surface area (Å²) >= 11 is 1.82. The molecule has 0 aliphatic heterocycles. The molecule has 0 bridgehead atoms. The van der Waals surface area contributed by atoms with Crippen molar-refractivity contribution in [1.29, 1.82) is 0 Å². The summed E-state index contributed by atoms with van der Waals surface area (Å²) < 4.78 is 4.93. The molecule has 0 saturated carbocycles. The maximum Gasteiger partial charge on any atom is 0.0928 e. The van der Waals surface area contributed by atoms with Gasteiger partial charge in [0.25, 0.3) is 0 Å². The molecule has 2 unspecified atom stereocenters. The van der Waals surface area contributed by atoms with Crippen molar-refractivity contribution in [3.05, 3.63) is 15.6 Å². The number of nitrogens with zero attached hydrogens (tertiary/aromatic N) is 1. The molecule has 5 heteroatoms. The molecule has 4 nitrogen and oxygen atoms in total. The predicted octanol–water partition coefficient (Wildman–Crippen LogP) is 1.68. The maximum atomic E-state index is 9.68. The fourth-order valence-electron chi connectivity index (χ4n) is 2.35. The van der Waals surface area contributed by atoms with E-state index < -0.39 is 6.10 Å². The van der Waals surface area contributed by atoms with Crippen LogP contribution in [0, 0.1) is 0 Å². The molecule has 102 valence electrons. The van der Waals surface area contributed by atoms with Gasteiger partial charge in [0.15, 0.2) is 0 Å². The van der Waals surface area contributed by atoms with Crippen molar-refractivity contribution >= 4 is 11.3 Å². The number of aromatic nitrogens is 1. The van der Waals surface area contributed by atoms with Gasteiger partial charge in [0.1, 0.15) is 0 Å². The molecule has 0 aromatic carbocycles. The van der Waals surface area contributed by atoms with Crippen LogP contribution in [0.5, 0.6) is 0 Å². The van der Waals surface area contributed by atoms with Crippen molar-refractivity contribution in [3.63, 3.8) is 0 Å². The molecule has 0 saturated heterocycles. The highest BCUT2D eigenvalue weighted by atomic mass is 32.1. The van der Waals surface area contributed by atoms with Gasteiger partial charge < -0.3 is 15.2 Å². The van der Waals surface area contributed by atoms with Gasteiger partial charge in [0.05, 0.1) is 23.4 Å². The highest BCUT2D eigenvalue weighted by Crippen LogP contribution is 2.34. The van der Waals surface area contributed by atoms with E-state index in [0.717, 1.165) is 19.3 Å². The van der Waals surface area contributed by atoms with E-state index in [0.29, 0.717) is 19.2 Å². The zero-order valence-electron chi connectivity index (χ0n) is 11.1. The molecule has 1 aromatic rings. The molecule has 1 aromatic heterocycles. The molecule has 18 heavy (non-hydrogen) atoms. The van der Waals surface area contributed by atoms with E-state index in [2.05, 4.69) is 17.2 Å². The highest BCUT2D eigenvalue weighted by molar-refractivity contribution is 7.11. The van der Waals surface area contributed by atoms with Gasteiger partial charge in [0, 0.05) is 24.6 Å². The summed E-state index contributed by atoms with van der Waals surface area (Å²) in [7, 11) is 1.61. The number of rotatable bonds is 6. The maximum absolute atomic E-state index is 9.68. The Morgan fingerprint density at radius 2 is 2.44 bits per heavy atom. The number of aliphatic hydroxyl groups excluding tert-OH is 1. The summed E-state index contributed by atoms with van der Waals surface area (Å²) in [6.45, 7) is 3.11. The second-order valence-corrected chi connectivity index (χ2v) is 5.85. The molecule has 0 radical (unpaired) electrons. The first kappa shape index (κ1) is 13.9.